The molecule has 0 fully saturated rings. The molecular formula is C19H22O7S. The quantitative estimate of drug-likeness (QED) is 0.696. The van der Waals surface area contributed by atoms with Gasteiger partial charge in [-0.25, -0.2) is 13.2 Å². The van der Waals surface area contributed by atoms with Crippen LogP contribution in [0, 0.1) is 0 Å². The van der Waals surface area contributed by atoms with Crippen molar-refractivity contribution in [1.29, 1.82) is 0 Å². The summed E-state index contributed by atoms with van der Waals surface area (Å²) in [6.45, 7) is 3.72. The molecule has 146 valence electrons. The molecule has 2 aromatic carbocycles. The Balaban J connectivity index is 2.26. The molecule has 0 spiro atoms. The first-order valence-corrected chi connectivity index (χ1v) is 9.95. The van der Waals surface area contributed by atoms with Gasteiger partial charge in [-0.05, 0) is 43.3 Å². The van der Waals surface area contributed by atoms with Crippen LogP contribution in [0.1, 0.15) is 24.2 Å². The van der Waals surface area contributed by atoms with Crippen molar-refractivity contribution in [2.45, 2.75) is 24.8 Å². The summed E-state index contributed by atoms with van der Waals surface area (Å²) in [5.41, 5.74) is 0.0114. The maximum atomic E-state index is 11.9. The predicted molar refractivity (Wildman–Crippen MR) is 99.6 cm³/mol. The number of sulfone groups is 1. The lowest BCUT2D eigenvalue weighted by Gasteiger charge is -2.15. The van der Waals surface area contributed by atoms with Crippen LogP contribution < -0.4 is 9.47 Å². The molecule has 0 amide bonds. The number of rotatable bonds is 9. The van der Waals surface area contributed by atoms with Gasteiger partial charge in [-0.2, -0.15) is 0 Å². The van der Waals surface area contributed by atoms with E-state index in [0.717, 1.165) is 0 Å². The summed E-state index contributed by atoms with van der Waals surface area (Å²) in [7, 11) is -1.75. The van der Waals surface area contributed by atoms with Crippen LogP contribution in [-0.4, -0.2) is 45.1 Å². The Kier molecular flexibility index (Phi) is 6.81. The molecule has 8 heteroatoms. The number of aromatic carboxylic acids is 1. The number of carboxylic acids is 1. The first-order valence-electron chi connectivity index (χ1n) is 8.29. The highest BCUT2D eigenvalue weighted by Gasteiger charge is 2.14. The van der Waals surface area contributed by atoms with Gasteiger partial charge in [-0.3, -0.25) is 0 Å². The Morgan fingerprint density at radius 3 is 2.26 bits per heavy atom. The third-order valence-corrected chi connectivity index (χ3v) is 5.41. The average molecular weight is 394 g/mol. The zero-order valence-corrected chi connectivity index (χ0v) is 16.2. The number of hydrogen-bond donors (Lipinski definition) is 1. The van der Waals surface area contributed by atoms with Gasteiger partial charge in [-0.1, -0.05) is 6.92 Å². The fourth-order valence-electron chi connectivity index (χ4n) is 2.34. The molecule has 0 saturated carbocycles. The smallest absolute Gasteiger partial charge is 0.335 e. The molecule has 0 heterocycles. The molecule has 1 unspecified atom stereocenters. The van der Waals surface area contributed by atoms with E-state index in [0.29, 0.717) is 18.1 Å². The maximum absolute atomic E-state index is 11.9. The van der Waals surface area contributed by atoms with Gasteiger partial charge >= 0.3 is 5.97 Å². The van der Waals surface area contributed by atoms with Crippen molar-refractivity contribution in [2.24, 2.45) is 0 Å². The molecule has 0 aliphatic rings. The summed E-state index contributed by atoms with van der Waals surface area (Å²) < 4.78 is 40.1. The average Bonchev–Trinajstić information content (AvgIpc) is 2.62. The summed E-state index contributed by atoms with van der Waals surface area (Å²) in [6, 6.07) is 10.3. The Labute approximate surface area is 158 Å². The molecule has 27 heavy (non-hydrogen) atoms. The van der Waals surface area contributed by atoms with Crippen LogP contribution in [-0.2, 0) is 14.6 Å². The van der Waals surface area contributed by atoms with Crippen molar-refractivity contribution in [3.05, 3.63) is 48.0 Å². The van der Waals surface area contributed by atoms with Gasteiger partial charge in [0.05, 0.1) is 22.8 Å². The monoisotopic (exact) mass is 394 g/mol. The second-order valence-corrected chi connectivity index (χ2v) is 8.14. The molecule has 1 N–H and O–H groups in total. The summed E-state index contributed by atoms with van der Waals surface area (Å²) in [5.74, 6) is -0.133. The second-order valence-electron chi connectivity index (χ2n) is 5.86. The van der Waals surface area contributed by atoms with E-state index in [9.17, 15) is 18.3 Å². The van der Waals surface area contributed by atoms with Gasteiger partial charge in [0.25, 0.3) is 0 Å². The van der Waals surface area contributed by atoms with Crippen LogP contribution >= 0.6 is 0 Å². The largest absolute Gasteiger partial charge is 0.488 e. The molecule has 2 rings (SSSR count). The van der Waals surface area contributed by atoms with E-state index in [1.807, 2.05) is 0 Å². The predicted octanol–water partition coefficient (Wildman–Crippen LogP) is 3.38. The normalized spacial score (nSPS) is 12.4. The fraction of sp³-hybridized carbons (Fsp3) is 0.316. The van der Waals surface area contributed by atoms with Crippen LogP contribution in [0.5, 0.6) is 17.2 Å². The van der Waals surface area contributed by atoms with Gasteiger partial charge in [-0.15, -0.1) is 0 Å². The zero-order chi connectivity index (χ0) is 20.0. The molecule has 0 aliphatic heterocycles. The van der Waals surface area contributed by atoms with Crippen LogP contribution in [0.15, 0.2) is 47.4 Å². The number of ether oxygens (including phenoxy) is 3. The molecule has 0 bridgehead atoms. The second kappa shape index (κ2) is 8.88. The Morgan fingerprint density at radius 2 is 1.70 bits per heavy atom. The maximum Gasteiger partial charge on any atom is 0.335 e. The highest BCUT2D eigenvalue weighted by atomic mass is 32.2. The lowest BCUT2D eigenvalue weighted by molar-refractivity contribution is 0.0693. The molecule has 0 aromatic heterocycles. The van der Waals surface area contributed by atoms with Crippen LogP contribution in [0.3, 0.4) is 0 Å². The number of carbonyl (C=O) groups is 1. The van der Waals surface area contributed by atoms with E-state index in [-0.39, 0.29) is 28.1 Å². The standard InChI is InChI=1S/C19H22O7S/c1-4-27(22,23)18-7-5-15(6-8-18)26-17-10-14(19(20)21)9-16(11-17)25-13(2)12-24-3/h5-11,13H,4,12H2,1-3H3,(H,20,21). The van der Waals surface area contributed by atoms with Crippen molar-refractivity contribution in [3.8, 4) is 17.2 Å². The highest BCUT2D eigenvalue weighted by Crippen LogP contribution is 2.29. The summed E-state index contributed by atoms with van der Waals surface area (Å²) in [5, 5.41) is 9.29. The summed E-state index contributed by atoms with van der Waals surface area (Å²) in [4.78, 5) is 11.6. The third kappa shape index (κ3) is 5.70. The highest BCUT2D eigenvalue weighted by molar-refractivity contribution is 7.91. The molecule has 0 radical (unpaired) electrons. The van der Waals surface area contributed by atoms with Crippen LogP contribution in [0.4, 0.5) is 0 Å². The van der Waals surface area contributed by atoms with E-state index >= 15 is 0 Å². The van der Waals surface area contributed by atoms with E-state index < -0.39 is 15.8 Å². The van der Waals surface area contributed by atoms with Crippen molar-refractivity contribution < 1.29 is 32.5 Å². The lowest BCUT2D eigenvalue weighted by Crippen LogP contribution is -2.18. The van der Waals surface area contributed by atoms with Crippen molar-refractivity contribution >= 4 is 15.8 Å². The lowest BCUT2D eigenvalue weighted by atomic mass is 10.2. The minimum atomic E-state index is -3.30. The summed E-state index contributed by atoms with van der Waals surface area (Å²) >= 11 is 0. The van der Waals surface area contributed by atoms with Gasteiger partial charge in [0.2, 0.25) is 0 Å². The first-order chi connectivity index (χ1) is 12.7. The molecule has 0 saturated heterocycles. The first kappa shape index (κ1) is 20.7. The molecular weight excluding hydrogens is 372 g/mol. The van der Waals surface area contributed by atoms with Crippen molar-refractivity contribution in [3.63, 3.8) is 0 Å². The van der Waals surface area contributed by atoms with E-state index in [2.05, 4.69) is 0 Å². The number of benzene rings is 2. The Morgan fingerprint density at radius 1 is 1.07 bits per heavy atom. The Bertz CT molecular complexity index is 889. The Hall–Kier alpha value is -2.58. The SMILES string of the molecule is CCS(=O)(=O)c1ccc(Oc2cc(OC(C)COC)cc(C(=O)O)c2)cc1. The van der Waals surface area contributed by atoms with Gasteiger partial charge in [0.15, 0.2) is 9.84 Å². The summed E-state index contributed by atoms with van der Waals surface area (Å²) in [6.07, 6.45) is -0.273. The van der Waals surface area contributed by atoms with Crippen LogP contribution in [0.2, 0.25) is 0 Å². The number of carboxylic acid groups (broad SMARTS) is 1. The molecule has 7 nitrogen and oxygen atoms in total. The minimum Gasteiger partial charge on any atom is -0.488 e. The molecule has 0 aliphatic carbocycles. The fourth-order valence-corrected chi connectivity index (χ4v) is 3.23. The minimum absolute atomic E-state index is 0.00815. The molecule has 1 atom stereocenters. The molecule has 2 aromatic rings. The topological polar surface area (TPSA) is 99.1 Å². The van der Waals surface area contributed by atoms with E-state index in [1.165, 1.54) is 36.4 Å². The zero-order valence-electron chi connectivity index (χ0n) is 15.3. The van der Waals surface area contributed by atoms with Crippen molar-refractivity contribution in [1.82, 2.24) is 0 Å². The van der Waals surface area contributed by atoms with Gasteiger partial charge in [0, 0.05) is 13.2 Å². The van der Waals surface area contributed by atoms with E-state index in [1.54, 1.807) is 27.0 Å². The third-order valence-electron chi connectivity index (χ3n) is 3.66. The van der Waals surface area contributed by atoms with Crippen LogP contribution in [0.25, 0.3) is 0 Å². The van der Waals surface area contributed by atoms with Crippen molar-refractivity contribution in [2.75, 3.05) is 19.5 Å². The van der Waals surface area contributed by atoms with E-state index in [4.69, 9.17) is 14.2 Å². The van der Waals surface area contributed by atoms with Gasteiger partial charge < -0.3 is 19.3 Å². The number of hydrogen-bond acceptors (Lipinski definition) is 6. The van der Waals surface area contributed by atoms with Gasteiger partial charge in [0.1, 0.15) is 23.4 Å². The number of methoxy groups -OCH3 is 1.